The first-order chi connectivity index (χ1) is 9.19. The van der Waals surface area contributed by atoms with Crippen LogP contribution in [0.1, 0.15) is 18.5 Å². The lowest BCUT2D eigenvalue weighted by Crippen LogP contribution is -2.41. The highest BCUT2D eigenvalue weighted by Crippen LogP contribution is 2.39. The predicted octanol–water partition coefficient (Wildman–Crippen LogP) is 2.58. The van der Waals surface area contributed by atoms with Gasteiger partial charge in [0.05, 0.1) is 13.2 Å². The molecule has 1 aliphatic heterocycles. The number of halogens is 1. The van der Waals surface area contributed by atoms with Crippen molar-refractivity contribution >= 4 is 23.5 Å². The normalized spacial score (nSPS) is 25.1. The minimum absolute atomic E-state index is 0.206. The minimum Gasteiger partial charge on any atom is -0.494 e. The Morgan fingerprint density at radius 1 is 1.42 bits per heavy atom. The zero-order chi connectivity index (χ0) is 13.8. The summed E-state index contributed by atoms with van der Waals surface area (Å²) in [6.07, 6.45) is 0. The molecule has 1 aliphatic rings. The fraction of sp³-hybridized carbons (Fsp3) is 0.538. The Balaban J connectivity index is 2.31. The van der Waals surface area contributed by atoms with Crippen molar-refractivity contribution in [1.29, 1.82) is 0 Å². The number of ether oxygens (including phenoxy) is 1. The number of hydrogen-bond acceptors (Lipinski definition) is 5. The Labute approximate surface area is 121 Å². The standard InChI is InChI=1S/C13H19FN2OS2/c1-8-13(19-7-6-18-8)12(16-15)9-4-3-5-10(17-2)11(9)14/h3-5,8,12-13,16H,6-7,15H2,1-2H3. The van der Waals surface area contributed by atoms with Crippen molar-refractivity contribution in [2.24, 2.45) is 5.84 Å². The van der Waals surface area contributed by atoms with Gasteiger partial charge in [-0.25, -0.2) is 4.39 Å². The molecule has 0 saturated carbocycles. The van der Waals surface area contributed by atoms with Crippen LogP contribution in [-0.4, -0.2) is 29.1 Å². The highest BCUT2D eigenvalue weighted by atomic mass is 32.2. The Bertz CT molecular complexity index is 433. The molecule has 3 nitrogen and oxygen atoms in total. The molecule has 19 heavy (non-hydrogen) atoms. The summed E-state index contributed by atoms with van der Waals surface area (Å²) in [5.74, 6) is 7.83. The van der Waals surface area contributed by atoms with Crippen LogP contribution in [0.4, 0.5) is 4.39 Å². The average molecular weight is 302 g/mol. The average Bonchev–Trinajstić information content (AvgIpc) is 2.43. The van der Waals surface area contributed by atoms with Crippen molar-refractivity contribution < 1.29 is 9.13 Å². The van der Waals surface area contributed by atoms with E-state index in [4.69, 9.17) is 10.6 Å². The Kier molecular flexibility index (Phi) is 5.38. The molecule has 0 aromatic heterocycles. The van der Waals surface area contributed by atoms with E-state index in [1.165, 1.54) is 7.11 Å². The molecule has 0 radical (unpaired) electrons. The number of nitrogens with one attached hydrogen (secondary N) is 1. The summed E-state index contributed by atoms with van der Waals surface area (Å²) < 4.78 is 19.4. The molecule has 2 rings (SSSR count). The zero-order valence-corrected chi connectivity index (χ0v) is 12.7. The van der Waals surface area contributed by atoms with E-state index in [-0.39, 0.29) is 22.9 Å². The van der Waals surface area contributed by atoms with Gasteiger partial charge >= 0.3 is 0 Å². The third kappa shape index (κ3) is 3.18. The van der Waals surface area contributed by atoms with E-state index in [0.29, 0.717) is 10.8 Å². The number of hydrazine groups is 1. The summed E-state index contributed by atoms with van der Waals surface area (Å²) in [4.78, 5) is 0. The first-order valence-corrected chi connectivity index (χ1v) is 8.30. The molecule has 3 unspecified atom stereocenters. The van der Waals surface area contributed by atoms with Gasteiger partial charge in [0.25, 0.3) is 0 Å². The van der Waals surface area contributed by atoms with Crippen molar-refractivity contribution in [3.8, 4) is 5.75 Å². The molecular formula is C13H19FN2OS2. The Morgan fingerprint density at radius 3 is 2.79 bits per heavy atom. The van der Waals surface area contributed by atoms with Crippen LogP contribution in [-0.2, 0) is 0 Å². The van der Waals surface area contributed by atoms with E-state index in [1.54, 1.807) is 18.2 Å². The molecule has 0 aliphatic carbocycles. The highest BCUT2D eigenvalue weighted by molar-refractivity contribution is 8.07. The maximum Gasteiger partial charge on any atom is 0.169 e. The van der Waals surface area contributed by atoms with Gasteiger partial charge in [0.2, 0.25) is 0 Å². The molecule has 0 bridgehead atoms. The van der Waals surface area contributed by atoms with E-state index in [1.807, 2.05) is 23.5 Å². The summed E-state index contributed by atoms with van der Waals surface area (Å²) >= 11 is 3.76. The van der Waals surface area contributed by atoms with Crippen molar-refractivity contribution in [1.82, 2.24) is 5.43 Å². The maximum atomic E-state index is 14.4. The van der Waals surface area contributed by atoms with Crippen LogP contribution < -0.4 is 16.0 Å². The Hall–Kier alpha value is -0.430. The molecule has 0 spiro atoms. The number of rotatable bonds is 4. The summed E-state index contributed by atoms with van der Waals surface area (Å²) in [5.41, 5.74) is 3.36. The number of hydrogen-bond donors (Lipinski definition) is 2. The lowest BCUT2D eigenvalue weighted by atomic mass is 10.0. The molecule has 3 atom stereocenters. The second-order valence-corrected chi connectivity index (χ2v) is 7.19. The topological polar surface area (TPSA) is 47.3 Å². The Morgan fingerprint density at radius 2 is 2.16 bits per heavy atom. The largest absolute Gasteiger partial charge is 0.494 e. The van der Waals surface area contributed by atoms with E-state index in [9.17, 15) is 4.39 Å². The lowest BCUT2D eigenvalue weighted by molar-refractivity contribution is 0.378. The minimum atomic E-state index is -0.323. The highest BCUT2D eigenvalue weighted by Gasteiger charge is 2.32. The first kappa shape index (κ1) is 15.0. The van der Waals surface area contributed by atoms with E-state index >= 15 is 0 Å². The fourth-order valence-corrected chi connectivity index (χ4v) is 5.22. The van der Waals surface area contributed by atoms with Crippen molar-refractivity contribution in [2.75, 3.05) is 18.6 Å². The maximum absolute atomic E-state index is 14.4. The van der Waals surface area contributed by atoms with E-state index in [2.05, 4.69) is 12.3 Å². The third-order valence-corrected chi connectivity index (χ3v) is 6.49. The van der Waals surface area contributed by atoms with Gasteiger partial charge in [-0.1, -0.05) is 19.1 Å². The molecule has 1 heterocycles. The monoisotopic (exact) mass is 302 g/mol. The summed E-state index contributed by atoms with van der Waals surface area (Å²) in [6.45, 7) is 2.17. The van der Waals surface area contributed by atoms with Crippen LogP contribution in [0.2, 0.25) is 0 Å². The summed E-state index contributed by atoms with van der Waals surface area (Å²) in [7, 11) is 1.47. The van der Waals surface area contributed by atoms with Gasteiger partial charge in [0.1, 0.15) is 0 Å². The number of nitrogens with two attached hydrogens (primary N) is 1. The first-order valence-electron chi connectivity index (χ1n) is 6.20. The van der Waals surface area contributed by atoms with Crippen LogP contribution in [0.25, 0.3) is 0 Å². The van der Waals surface area contributed by atoms with E-state index < -0.39 is 0 Å². The smallest absolute Gasteiger partial charge is 0.169 e. The summed E-state index contributed by atoms with van der Waals surface area (Å²) in [5, 5.41) is 0.691. The van der Waals surface area contributed by atoms with Crippen LogP contribution >= 0.6 is 23.5 Å². The van der Waals surface area contributed by atoms with Crippen LogP contribution in [0, 0.1) is 5.82 Å². The number of methoxy groups -OCH3 is 1. The van der Waals surface area contributed by atoms with Gasteiger partial charge in [-0.2, -0.15) is 23.5 Å². The van der Waals surface area contributed by atoms with Crippen LogP contribution in [0.5, 0.6) is 5.75 Å². The SMILES string of the molecule is COc1cccc(C(NN)C2SCCSC2C)c1F. The fourth-order valence-electron chi connectivity index (χ4n) is 2.30. The predicted molar refractivity (Wildman–Crippen MR) is 81.2 cm³/mol. The molecule has 3 N–H and O–H groups in total. The zero-order valence-electron chi connectivity index (χ0n) is 11.1. The quantitative estimate of drug-likeness (QED) is 0.661. The van der Waals surface area contributed by atoms with Crippen molar-refractivity contribution in [3.63, 3.8) is 0 Å². The lowest BCUT2D eigenvalue weighted by Gasteiger charge is -2.34. The molecule has 1 aromatic carbocycles. The van der Waals surface area contributed by atoms with Gasteiger partial charge < -0.3 is 4.74 Å². The molecule has 1 saturated heterocycles. The molecular weight excluding hydrogens is 283 g/mol. The third-order valence-electron chi connectivity index (χ3n) is 3.29. The molecule has 1 fully saturated rings. The van der Waals surface area contributed by atoms with Crippen molar-refractivity contribution in [2.45, 2.75) is 23.5 Å². The molecule has 1 aromatic rings. The molecule has 0 amide bonds. The van der Waals surface area contributed by atoms with Gasteiger partial charge in [0.15, 0.2) is 11.6 Å². The van der Waals surface area contributed by atoms with Crippen LogP contribution in [0.3, 0.4) is 0 Å². The van der Waals surface area contributed by atoms with Crippen LogP contribution in [0.15, 0.2) is 18.2 Å². The van der Waals surface area contributed by atoms with Gasteiger partial charge in [-0.3, -0.25) is 11.3 Å². The van der Waals surface area contributed by atoms with Crippen molar-refractivity contribution in [3.05, 3.63) is 29.6 Å². The number of benzene rings is 1. The van der Waals surface area contributed by atoms with Gasteiger partial charge in [0, 0.05) is 27.6 Å². The number of thioether (sulfide) groups is 2. The second kappa shape index (κ2) is 6.83. The molecule has 106 valence electrons. The summed E-state index contributed by atoms with van der Waals surface area (Å²) in [6, 6.07) is 4.99. The molecule has 6 heteroatoms. The van der Waals surface area contributed by atoms with Gasteiger partial charge in [-0.05, 0) is 6.07 Å². The second-order valence-electron chi connectivity index (χ2n) is 4.42. The van der Waals surface area contributed by atoms with E-state index in [0.717, 1.165) is 11.5 Å². The van der Waals surface area contributed by atoms with Gasteiger partial charge in [-0.15, -0.1) is 0 Å².